The van der Waals surface area contributed by atoms with Gasteiger partial charge in [0.05, 0.1) is 5.39 Å². The van der Waals surface area contributed by atoms with Crippen LogP contribution in [0.1, 0.15) is 23.0 Å². The molecule has 1 aliphatic heterocycles. The molecule has 0 saturated carbocycles. The lowest BCUT2D eigenvalue weighted by molar-refractivity contribution is 0.0691. The van der Waals surface area contributed by atoms with Crippen molar-refractivity contribution in [2.45, 2.75) is 19.9 Å². The molecule has 4 aromatic rings. The van der Waals surface area contributed by atoms with Crippen molar-refractivity contribution in [1.29, 1.82) is 0 Å². The van der Waals surface area contributed by atoms with E-state index in [0.29, 0.717) is 24.0 Å². The lowest BCUT2D eigenvalue weighted by atomic mass is 9.97. The first-order chi connectivity index (χ1) is 16.0. The number of anilines is 1. The van der Waals surface area contributed by atoms with Crippen molar-refractivity contribution in [3.8, 4) is 11.1 Å². The van der Waals surface area contributed by atoms with E-state index in [1.165, 1.54) is 5.56 Å². The van der Waals surface area contributed by atoms with Crippen molar-refractivity contribution in [3.63, 3.8) is 0 Å². The van der Waals surface area contributed by atoms with Crippen molar-refractivity contribution in [2.24, 2.45) is 0 Å². The fraction of sp³-hybridized carbons (Fsp3) is 0.214. The van der Waals surface area contributed by atoms with E-state index in [9.17, 15) is 9.59 Å². The number of amides is 1. The molecular weight excluding hydrogens is 412 g/mol. The molecule has 5 heteroatoms. The first-order valence-corrected chi connectivity index (χ1v) is 11.3. The predicted octanol–water partition coefficient (Wildman–Crippen LogP) is 5.12. The number of rotatable bonds is 3. The Morgan fingerprint density at radius 3 is 2.36 bits per heavy atom. The maximum absolute atomic E-state index is 13.7. The first-order valence-electron chi connectivity index (χ1n) is 11.3. The first kappa shape index (κ1) is 21.0. The van der Waals surface area contributed by atoms with E-state index < -0.39 is 5.63 Å². The van der Waals surface area contributed by atoms with Crippen LogP contribution in [-0.4, -0.2) is 36.5 Å². The van der Waals surface area contributed by atoms with Gasteiger partial charge in [-0.25, -0.2) is 4.79 Å². The molecule has 0 spiro atoms. The highest BCUT2D eigenvalue weighted by Crippen LogP contribution is 2.32. The van der Waals surface area contributed by atoms with Gasteiger partial charge in [0.15, 0.2) is 0 Å². The SMILES string of the molecule is Cc1cccc(N2CCN(C(=O)c3oc(=O)c4ccccc4c3-c3ccccc3)C[C@@H]2C)c1. The number of benzene rings is 3. The zero-order valence-electron chi connectivity index (χ0n) is 18.8. The standard InChI is InChI=1S/C28H26N2O3/c1-19-9-8-12-22(17-19)30-16-15-29(18-20(30)2)27(31)26-25(21-10-4-3-5-11-21)23-13-6-7-14-24(23)28(32)33-26/h3-14,17,20H,15-16,18H2,1-2H3/t20-/m0/s1. The zero-order valence-corrected chi connectivity index (χ0v) is 18.8. The Balaban J connectivity index is 1.52. The van der Waals surface area contributed by atoms with E-state index in [1.807, 2.05) is 48.5 Å². The van der Waals surface area contributed by atoms with Gasteiger partial charge in [-0.2, -0.15) is 0 Å². The van der Waals surface area contributed by atoms with Crippen LogP contribution < -0.4 is 10.5 Å². The normalized spacial score (nSPS) is 16.2. The van der Waals surface area contributed by atoms with Crippen molar-refractivity contribution in [2.75, 3.05) is 24.5 Å². The number of piperazine rings is 1. The zero-order chi connectivity index (χ0) is 22.9. The van der Waals surface area contributed by atoms with Crippen LogP contribution in [-0.2, 0) is 0 Å². The molecule has 0 radical (unpaired) electrons. The molecule has 5 rings (SSSR count). The summed E-state index contributed by atoms with van der Waals surface area (Å²) in [5, 5.41) is 1.21. The molecular formula is C28H26N2O3. The summed E-state index contributed by atoms with van der Waals surface area (Å²) < 4.78 is 5.69. The third kappa shape index (κ3) is 3.91. The Morgan fingerprint density at radius 1 is 0.909 bits per heavy atom. The average molecular weight is 439 g/mol. The molecule has 1 saturated heterocycles. The van der Waals surface area contributed by atoms with Gasteiger partial charge in [-0.3, -0.25) is 4.79 Å². The number of hydrogen-bond donors (Lipinski definition) is 0. The summed E-state index contributed by atoms with van der Waals surface area (Å²) in [6, 6.07) is 25.5. The summed E-state index contributed by atoms with van der Waals surface area (Å²) in [6.07, 6.45) is 0. The number of aryl methyl sites for hydroxylation is 1. The Labute approximate surface area is 192 Å². The molecule has 1 aromatic heterocycles. The van der Waals surface area contributed by atoms with Gasteiger partial charge in [0.1, 0.15) is 0 Å². The molecule has 0 unspecified atom stereocenters. The number of hydrogen-bond acceptors (Lipinski definition) is 4. The van der Waals surface area contributed by atoms with Crippen molar-refractivity contribution >= 4 is 22.4 Å². The molecule has 1 aliphatic rings. The predicted molar refractivity (Wildman–Crippen MR) is 132 cm³/mol. The van der Waals surface area contributed by atoms with Crippen molar-refractivity contribution in [3.05, 3.63) is 101 Å². The third-order valence-corrected chi connectivity index (χ3v) is 6.34. The van der Waals surface area contributed by atoms with Crippen LogP contribution in [0.3, 0.4) is 0 Å². The Hall–Kier alpha value is -3.86. The molecule has 166 valence electrons. The summed E-state index contributed by atoms with van der Waals surface area (Å²) in [5.41, 5.74) is 3.41. The van der Waals surface area contributed by atoms with Crippen LogP contribution in [0, 0.1) is 6.92 Å². The second kappa shape index (κ2) is 8.58. The highest BCUT2D eigenvalue weighted by molar-refractivity contribution is 6.07. The van der Waals surface area contributed by atoms with E-state index in [0.717, 1.165) is 23.2 Å². The second-order valence-corrected chi connectivity index (χ2v) is 8.64. The van der Waals surface area contributed by atoms with Crippen LogP contribution in [0.4, 0.5) is 5.69 Å². The molecule has 1 amide bonds. The number of carbonyl (C=O) groups excluding carboxylic acids is 1. The topological polar surface area (TPSA) is 53.8 Å². The smallest absolute Gasteiger partial charge is 0.344 e. The number of nitrogens with zero attached hydrogens (tertiary/aromatic N) is 2. The highest BCUT2D eigenvalue weighted by atomic mass is 16.4. The Morgan fingerprint density at radius 2 is 1.64 bits per heavy atom. The fourth-order valence-corrected chi connectivity index (χ4v) is 4.72. The van der Waals surface area contributed by atoms with Gasteiger partial charge < -0.3 is 14.2 Å². The molecule has 0 bridgehead atoms. The summed E-state index contributed by atoms with van der Waals surface area (Å²) in [5.74, 6) is -0.131. The van der Waals surface area contributed by atoms with Gasteiger partial charge in [-0.1, -0.05) is 60.7 Å². The second-order valence-electron chi connectivity index (χ2n) is 8.64. The summed E-state index contributed by atoms with van der Waals surface area (Å²) in [4.78, 5) is 30.6. The molecule has 1 atom stereocenters. The third-order valence-electron chi connectivity index (χ3n) is 6.34. The minimum absolute atomic E-state index is 0.112. The average Bonchev–Trinajstić information content (AvgIpc) is 2.84. The lowest BCUT2D eigenvalue weighted by Gasteiger charge is -2.41. The van der Waals surface area contributed by atoms with E-state index >= 15 is 0 Å². The largest absolute Gasteiger partial charge is 0.416 e. The van der Waals surface area contributed by atoms with Gasteiger partial charge in [-0.15, -0.1) is 0 Å². The molecule has 2 heterocycles. The van der Waals surface area contributed by atoms with Crippen LogP contribution >= 0.6 is 0 Å². The molecule has 33 heavy (non-hydrogen) atoms. The summed E-state index contributed by atoms with van der Waals surface area (Å²) in [6.45, 7) is 6.03. The van der Waals surface area contributed by atoms with Gasteiger partial charge in [0.25, 0.3) is 5.91 Å². The minimum atomic E-state index is -0.486. The molecule has 0 N–H and O–H groups in total. The fourth-order valence-electron chi connectivity index (χ4n) is 4.72. The van der Waals surface area contributed by atoms with Gasteiger partial charge in [0, 0.05) is 42.3 Å². The maximum atomic E-state index is 13.7. The monoisotopic (exact) mass is 438 g/mol. The van der Waals surface area contributed by atoms with E-state index in [1.54, 1.807) is 11.0 Å². The number of carbonyl (C=O) groups is 1. The van der Waals surface area contributed by atoms with E-state index in [4.69, 9.17) is 4.42 Å². The van der Waals surface area contributed by atoms with Gasteiger partial charge in [-0.05, 0) is 43.2 Å². The Bertz CT molecular complexity index is 1380. The van der Waals surface area contributed by atoms with E-state index in [2.05, 4.69) is 43.0 Å². The molecule has 5 nitrogen and oxygen atoms in total. The Kier molecular flexibility index (Phi) is 5.47. The minimum Gasteiger partial charge on any atom is -0.416 e. The number of fused-ring (bicyclic) bond motifs is 1. The molecule has 3 aromatic carbocycles. The maximum Gasteiger partial charge on any atom is 0.344 e. The van der Waals surface area contributed by atoms with Crippen molar-refractivity contribution in [1.82, 2.24) is 4.90 Å². The summed E-state index contributed by atoms with van der Waals surface area (Å²) >= 11 is 0. The van der Waals surface area contributed by atoms with Gasteiger partial charge >= 0.3 is 5.63 Å². The molecule has 1 fully saturated rings. The quantitative estimate of drug-likeness (QED) is 0.446. The molecule has 0 aliphatic carbocycles. The van der Waals surface area contributed by atoms with Gasteiger partial charge in [0.2, 0.25) is 5.76 Å². The summed E-state index contributed by atoms with van der Waals surface area (Å²) in [7, 11) is 0. The van der Waals surface area contributed by atoms with Crippen LogP contribution in [0.2, 0.25) is 0 Å². The highest BCUT2D eigenvalue weighted by Gasteiger charge is 2.31. The van der Waals surface area contributed by atoms with Crippen molar-refractivity contribution < 1.29 is 9.21 Å². The lowest BCUT2D eigenvalue weighted by Crippen LogP contribution is -2.54. The van der Waals surface area contributed by atoms with Crippen LogP contribution in [0.25, 0.3) is 21.9 Å². The van der Waals surface area contributed by atoms with Crippen LogP contribution in [0.15, 0.2) is 88.1 Å². The van der Waals surface area contributed by atoms with Crippen LogP contribution in [0.5, 0.6) is 0 Å². The van der Waals surface area contributed by atoms with E-state index in [-0.39, 0.29) is 17.7 Å².